The van der Waals surface area contributed by atoms with Gasteiger partial charge in [0.05, 0.1) is 0 Å². The summed E-state index contributed by atoms with van der Waals surface area (Å²) in [4.78, 5) is 0. The summed E-state index contributed by atoms with van der Waals surface area (Å²) in [7, 11) is -3.54. The summed E-state index contributed by atoms with van der Waals surface area (Å²) >= 11 is 9.41. The number of rotatable bonds is 15. The van der Waals surface area contributed by atoms with Crippen LogP contribution >= 0.6 is 11.1 Å². The summed E-state index contributed by atoms with van der Waals surface area (Å²) in [5, 5.41) is 3.89. The standard InChI is InChI=1S/C63H57ClSi/c1-46-34-55(37-49-22-10-4-11-23-49)43-61(58(46)40-52-28-16-7-17-29-52)65(64,62-44-56(38-50-24-12-5-13-25-50)35-47(2)59(62)41-53-30-18-8-19-31-53)63-45-57(39-51-26-14-6-15-27-51)36-48(3)60(63)42-54-32-20-9-21-33-54/h4-36,43-45H,37-42H2,1-3H3. The lowest BCUT2D eigenvalue weighted by molar-refractivity contribution is 1.12. The van der Waals surface area contributed by atoms with E-state index < -0.39 is 7.38 Å². The first-order valence-corrected chi connectivity index (χ1v) is 26.1. The number of aryl methyl sites for hydroxylation is 3. The molecule has 0 heterocycles. The van der Waals surface area contributed by atoms with E-state index in [0.717, 1.165) is 38.5 Å². The molecule has 9 rings (SSSR count). The zero-order valence-electron chi connectivity index (χ0n) is 37.9. The van der Waals surface area contributed by atoms with E-state index in [1.54, 1.807) is 0 Å². The lowest BCUT2D eigenvalue weighted by Gasteiger charge is -2.35. The molecule has 0 radical (unpaired) electrons. The Labute approximate surface area is 393 Å². The number of hydrogen-bond acceptors (Lipinski definition) is 0. The van der Waals surface area contributed by atoms with E-state index in [0.29, 0.717) is 0 Å². The molecule has 0 saturated heterocycles. The Hall–Kier alpha value is -6.51. The highest BCUT2D eigenvalue weighted by atomic mass is 35.6. The van der Waals surface area contributed by atoms with Crippen molar-refractivity contribution < 1.29 is 0 Å². The third-order valence-electron chi connectivity index (χ3n) is 13.1. The molecule has 0 aliphatic carbocycles. The van der Waals surface area contributed by atoms with Crippen LogP contribution in [0.5, 0.6) is 0 Å². The predicted octanol–water partition coefficient (Wildman–Crippen LogP) is 13.4. The van der Waals surface area contributed by atoms with Gasteiger partial charge in [-0.25, -0.2) is 0 Å². The Kier molecular flexibility index (Phi) is 13.5. The Morgan fingerprint density at radius 2 is 0.462 bits per heavy atom. The fraction of sp³-hybridized carbons (Fsp3) is 0.143. The van der Waals surface area contributed by atoms with E-state index in [2.05, 4.69) is 239 Å². The summed E-state index contributed by atoms with van der Waals surface area (Å²) in [5.74, 6) is 0. The second-order valence-electron chi connectivity index (χ2n) is 17.9. The monoisotopic (exact) mass is 876 g/mol. The van der Waals surface area contributed by atoms with E-state index in [4.69, 9.17) is 0 Å². The summed E-state index contributed by atoms with van der Waals surface area (Å²) in [6.45, 7) is 6.98. The van der Waals surface area contributed by atoms with Gasteiger partial charge in [0, 0.05) is 0 Å². The number of benzene rings is 9. The van der Waals surface area contributed by atoms with Crippen LogP contribution in [0.4, 0.5) is 0 Å². The number of hydrogen-bond donors (Lipinski definition) is 0. The normalized spacial score (nSPS) is 11.4. The van der Waals surface area contributed by atoms with Gasteiger partial charge in [-0.2, -0.15) is 0 Å². The predicted molar refractivity (Wildman–Crippen MR) is 280 cm³/mol. The molecule has 0 N–H and O–H groups in total. The van der Waals surface area contributed by atoms with E-state index in [1.807, 2.05) is 0 Å². The zero-order valence-corrected chi connectivity index (χ0v) is 39.7. The number of halogens is 1. The second-order valence-corrected chi connectivity index (χ2v) is 22.6. The highest BCUT2D eigenvalue weighted by Crippen LogP contribution is 2.30. The molecule has 320 valence electrons. The van der Waals surface area contributed by atoms with Crippen LogP contribution in [-0.4, -0.2) is 7.38 Å². The zero-order chi connectivity index (χ0) is 44.6. The van der Waals surface area contributed by atoms with Gasteiger partial charge in [-0.15, -0.1) is 11.1 Å². The third kappa shape index (κ3) is 10.2. The maximum atomic E-state index is 9.41. The van der Waals surface area contributed by atoms with Crippen molar-refractivity contribution in [2.75, 3.05) is 0 Å². The topological polar surface area (TPSA) is 0 Å². The van der Waals surface area contributed by atoms with Crippen LogP contribution in [0.2, 0.25) is 0 Å². The van der Waals surface area contributed by atoms with Crippen molar-refractivity contribution in [1.29, 1.82) is 0 Å². The third-order valence-corrected chi connectivity index (χ3v) is 18.5. The molecule has 9 aromatic rings. The fourth-order valence-electron chi connectivity index (χ4n) is 9.94. The lowest BCUT2D eigenvalue weighted by atomic mass is 9.95. The van der Waals surface area contributed by atoms with Gasteiger partial charge < -0.3 is 0 Å². The maximum absolute atomic E-state index is 9.41. The molecule has 0 aliphatic rings. The first kappa shape index (κ1) is 43.7. The van der Waals surface area contributed by atoms with Gasteiger partial charge in [0.1, 0.15) is 0 Å². The average molecular weight is 878 g/mol. The van der Waals surface area contributed by atoms with Crippen LogP contribution in [0, 0.1) is 20.8 Å². The fourth-order valence-corrected chi connectivity index (χ4v) is 15.6. The highest BCUT2D eigenvalue weighted by molar-refractivity contribution is 7.40. The van der Waals surface area contributed by atoms with Crippen molar-refractivity contribution in [2.45, 2.75) is 59.3 Å². The molecule has 0 saturated carbocycles. The van der Waals surface area contributed by atoms with E-state index >= 15 is 0 Å². The summed E-state index contributed by atoms with van der Waals surface area (Å²) in [5.41, 5.74) is 19.5. The van der Waals surface area contributed by atoms with Crippen LogP contribution in [-0.2, 0) is 38.5 Å². The quantitative estimate of drug-likeness (QED) is 0.0547. The van der Waals surface area contributed by atoms with Crippen molar-refractivity contribution in [3.63, 3.8) is 0 Å². The smallest absolute Gasteiger partial charge is 0.149 e. The van der Waals surface area contributed by atoms with Gasteiger partial charge in [-0.1, -0.05) is 218 Å². The molecule has 0 fully saturated rings. The van der Waals surface area contributed by atoms with Gasteiger partial charge in [0.15, 0.2) is 0 Å². The van der Waals surface area contributed by atoms with Crippen molar-refractivity contribution >= 4 is 34.0 Å². The first-order chi connectivity index (χ1) is 31.8. The molecule has 9 aromatic carbocycles. The van der Waals surface area contributed by atoms with Crippen molar-refractivity contribution in [2.24, 2.45) is 0 Å². The SMILES string of the molecule is Cc1cc(Cc2ccccc2)cc([Si](Cl)(c2cc(Cc3ccccc3)cc(C)c2Cc2ccccc2)c2cc(Cc3ccccc3)cc(C)c2Cc2ccccc2)c1Cc1ccccc1. The highest BCUT2D eigenvalue weighted by Gasteiger charge is 2.44. The molecule has 0 amide bonds. The summed E-state index contributed by atoms with van der Waals surface area (Å²) in [6, 6.07) is 80.7. The molecular formula is C63H57ClSi. The molecular weight excluding hydrogens is 820 g/mol. The van der Waals surface area contributed by atoms with Crippen LogP contribution in [0.1, 0.15) is 83.5 Å². The van der Waals surface area contributed by atoms with E-state index in [9.17, 15) is 11.1 Å². The minimum absolute atomic E-state index is 0.794. The van der Waals surface area contributed by atoms with Gasteiger partial charge in [-0.3, -0.25) is 0 Å². The maximum Gasteiger partial charge on any atom is 0.248 e. The van der Waals surface area contributed by atoms with E-state index in [-0.39, 0.29) is 0 Å². The largest absolute Gasteiger partial charge is 0.248 e. The van der Waals surface area contributed by atoms with Crippen LogP contribution in [0.3, 0.4) is 0 Å². The van der Waals surface area contributed by atoms with Crippen LogP contribution < -0.4 is 15.6 Å². The molecule has 2 heteroatoms. The van der Waals surface area contributed by atoms with Gasteiger partial charge >= 0.3 is 0 Å². The lowest BCUT2D eigenvalue weighted by Crippen LogP contribution is -2.66. The molecule has 65 heavy (non-hydrogen) atoms. The van der Waals surface area contributed by atoms with Crippen molar-refractivity contribution in [3.05, 3.63) is 302 Å². The summed E-state index contributed by atoms with van der Waals surface area (Å²) in [6.07, 6.45) is 4.87. The Morgan fingerprint density at radius 1 is 0.262 bits per heavy atom. The summed E-state index contributed by atoms with van der Waals surface area (Å²) < 4.78 is 0. The Bertz CT molecular complexity index is 2650. The minimum atomic E-state index is -3.54. The van der Waals surface area contributed by atoms with Gasteiger partial charge in [0.25, 0.3) is 0 Å². The molecule has 0 aromatic heterocycles. The van der Waals surface area contributed by atoms with Crippen molar-refractivity contribution in [3.8, 4) is 0 Å². The molecule has 0 bridgehead atoms. The Morgan fingerprint density at radius 3 is 0.677 bits per heavy atom. The molecule has 0 unspecified atom stereocenters. The second kappa shape index (κ2) is 20.1. The van der Waals surface area contributed by atoms with Crippen molar-refractivity contribution in [1.82, 2.24) is 0 Å². The van der Waals surface area contributed by atoms with Crippen LogP contribution in [0.25, 0.3) is 0 Å². The van der Waals surface area contributed by atoms with Crippen LogP contribution in [0.15, 0.2) is 218 Å². The van der Waals surface area contributed by atoms with E-state index in [1.165, 1.54) is 99.0 Å². The first-order valence-electron chi connectivity index (χ1n) is 23.1. The Balaban J connectivity index is 1.40. The minimum Gasteiger partial charge on any atom is -0.149 e. The van der Waals surface area contributed by atoms with Gasteiger partial charge in [0.2, 0.25) is 7.38 Å². The molecule has 0 atom stereocenters. The van der Waals surface area contributed by atoms with Gasteiger partial charge in [-0.05, 0) is 158 Å². The molecule has 0 aliphatic heterocycles. The molecule has 0 spiro atoms. The average Bonchev–Trinajstić information content (AvgIpc) is 3.33. The molecule has 0 nitrogen and oxygen atoms in total.